The quantitative estimate of drug-likeness (QED) is 0.692. The van der Waals surface area contributed by atoms with Gasteiger partial charge in [0.1, 0.15) is 5.75 Å². The fraction of sp³-hybridized carbons (Fsp3) is 0.364. The summed E-state index contributed by atoms with van der Waals surface area (Å²) in [6.07, 6.45) is 0.998. The van der Waals surface area contributed by atoms with E-state index in [9.17, 15) is 9.59 Å². The molecule has 6 nitrogen and oxygen atoms in total. The standard InChI is InChI=1S/C22H29N3O3/c1-5-16(2)19-8-6-7-9-20(19)24-22(27)15-25(3)14-21(26)23-17-10-12-18(28-4)13-11-17/h6-13,16H,5,14-15H2,1-4H3,(H,23,26)(H,24,27)/t16-/m0/s1. The predicted molar refractivity (Wildman–Crippen MR) is 113 cm³/mol. The van der Waals surface area contributed by atoms with Crippen LogP contribution in [0.2, 0.25) is 0 Å². The zero-order valence-corrected chi connectivity index (χ0v) is 17.0. The number of rotatable bonds is 9. The van der Waals surface area contributed by atoms with Crippen molar-refractivity contribution in [3.63, 3.8) is 0 Å². The highest BCUT2D eigenvalue weighted by Gasteiger charge is 2.14. The Morgan fingerprint density at radius 2 is 1.61 bits per heavy atom. The molecule has 0 aliphatic rings. The van der Waals surface area contributed by atoms with Crippen molar-refractivity contribution in [1.29, 1.82) is 0 Å². The average molecular weight is 383 g/mol. The minimum Gasteiger partial charge on any atom is -0.497 e. The van der Waals surface area contributed by atoms with Crippen LogP contribution >= 0.6 is 0 Å². The van der Waals surface area contributed by atoms with Crippen molar-refractivity contribution in [2.75, 3.05) is 37.9 Å². The molecule has 150 valence electrons. The first-order valence-corrected chi connectivity index (χ1v) is 9.44. The summed E-state index contributed by atoms with van der Waals surface area (Å²) in [4.78, 5) is 26.3. The molecule has 0 saturated heterocycles. The molecule has 0 radical (unpaired) electrons. The van der Waals surface area contributed by atoms with Crippen LogP contribution in [0, 0.1) is 0 Å². The summed E-state index contributed by atoms with van der Waals surface area (Å²) in [5.74, 6) is 0.768. The first-order chi connectivity index (χ1) is 13.4. The Labute approximate surface area is 166 Å². The van der Waals surface area contributed by atoms with E-state index >= 15 is 0 Å². The third-order valence-corrected chi connectivity index (χ3v) is 4.58. The maximum Gasteiger partial charge on any atom is 0.238 e. The first kappa shape index (κ1) is 21.4. The molecule has 28 heavy (non-hydrogen) atoms. The van der Waals surface area contributed by atoms with Gasteiger partial charge in [-0.2, -0.15) is 0 Å². The smallest absolute Gasteiger partial charge is 0.238 e. The van der Waals surface area contributed by atoms with Crippen LogP contribution in [0.4, 0.5) is 11.4 Å². The van der Waals surface area contributed by atoms with Crippen LogP contribution in [0.3, 0.4) is 0 Å². The van der Waals surface area contributed by atoms with Crippen LogP contribution in [-0.4, -0.2) is 44.0 Å². The Morgan fingerprint density at radius 3 is 2.21 bits per heavy atom. The summed E-state index contributed by atoms with van der Waals surface area (Å²) in [7, 11) is 3.34. The lowest BCUT2D eigenvalue weighted by Gasteiger charge is -2.18. The molecule has 0 bridgehead atoms. The van der Waals surface area contributed by atoms with Gasteiger partial charge in [-0.1, -0.05) is 32.0 Å². The van der Waals surface area contributed by atoms with Crippen molar-refractivity contribution >= 4 is 23.2 Å². The van der Waals surface area contributed by atoms with E-state index in [2.05, 4.69) is 24.5 Å². The number of methoxy groups -OCH3 is 1. The number of ether oxygens (including phenoxy) is 1. The van der Waals surface area contributed by atoms with Crippen LogP contribution in [0.1, 0.15) is 31.7 Å². The molecule has 0 heterocycles. The molecule has 0 spiro atoms. The molecular formula is C22H29N3O3. The normalized spacial score (nSPS) is 11.8. The van der Waals surface area contributed by atoms with E-state index in [1.54, 1.807) is 43.3 Å². The Kier molecular flexibility index (Phi) is 8.02. The molecular weight excluding hydrogens is 354 g/mol. The maximum absolute atomic E-state index is 12.4. The van der Waals surface area contributed by atoms with E-state index in [0.717, 1.165) is 23.4 Å². The number of likely N-dealkylation sites (N-methyl/N-ethyl adjacent to an activating group) is 1. The van der Waals surface area contributed by atoms with E-state index in [-0.39, 0.29) is 24.9 Å². The molecule has 6 heteroatoms. The minimum absolute atomic E-state index is 0.118. The van der Waals surface area contributed by atoms with Gasteiger partial charge < -0.3 is 15.4 Å². The number of para-hydroxylation sites is 1. The number of nitrogens with one attached hydrogen (secondary N) is 2. The van der Waals surface area contributed by atoms with E-state index in [4.69, 9.17) is 4.74 Å². The minimum atomic E-state index is -0.180. The number of nitrogens with zero attached hydrogens (tertiary/aromatic N) is 1. The monoisotopic (exact) mass is 383 g/mol. The van der Waals surface area contributed by atoms with Gasteiger partial charge in [0.05, 0.1) is 20.2 Å². The van der Waals surface area contributed by atoms with Crippen molar-refractivity contribution in [3.8, 4) is 5.75 Å². The van der Waals surface area contributed by atoms with E-state index in [1.165, 1.54) is 0 Å². The zero-order chi connectivity index (χ0) is 20.5. The van der Waals surface area contributed by atoms with Crippen molar-refractivity contribution in [2.45, 2.75) is 26.2 Å². The summed E-state index contributed by atoms with van der Waals surface area (Å²) in [6.45, 7) is 4.51. The highest BCUT2D eigenvalue weighted by Crippen LogP contribution is 2.26. The average Bonchev–Trinajstić information content (AvgIpc) is 2.68. The van der Waals surface area contributed by atoms with Gasteiger partial charge in [0.15, 0.2) is 0 Å². The summed E-state index contributed by atoms with van der Waals surface area (Å²) < 4.78 is 5.10. The number of anilines is 2. The van der Waals surface area contributed by atoms with Crippen LogP contribution in [0.15, 0.2) is 48.5 Å². The van der Waals surface area contributed by atoms with Crippen molar-refractivity contribution in [3.05, 3.63) is 54.1 Å². The number of hydrogen-bond donors (Lipinski definition) is 2. The highest BCUT2D eigenvalue weighted by molar-refractivity contribution is 5.95. The molecule has 0 aliphatic carbocycles. The Balaban J connectivity index is 1.86. The third-order valence-electron chi connectivity index (χ3n) is 4.58. The Hall–Kier alpha value is -2.86. The zero-order valence-electron chi connectivity index (χ0n) is 17.0. The molecule has 2 aromatic rings. The van der Waals surface area contributed by atoms with Crippen molar-refractivity contribution < 1.29 is 14.3 Å². The second-order valence-electron chi connectivity index (χ2n) is 6.89. The second kappa shape index (κ2) is 10.5. The fourth-order valence-electron chi connectivity index (χ4n) is 2.87. The lowest BCUT2D eigenvalue weighted by molar-refractivity contribution is -0.119. The van der Waals surface area contributed by atoms with Gasteiger partial charge in [0.25, 0.3) is 0 Å². The van der Waals surface area contributed by atoms with Crippen LogP contribution in [-0.2, 0) is 9.59 Å². The first-order valence-electron chi connectivity index (χ1n) is 9.44. The van der Waals surface area contributed by atoms with Crippen molar-refractivity contribution in [1.82, 2.24) is 4.90 Å². The summed E-state index contributed by atoms with van der Waals surface area (Å²) in [5.41, 5.74) is 2.64. The predicted octanol–water partition coefficient (Wildman–Crippen LogP) is 3.72. The molecule has 1 atom stereocenters. The number of amides is 2. The summed E-state index contributed by atoms with van der Waals surface area (Å²) in [6, 6.07) is 14.9. The number of carbonyl (C=O) groups is 2. The van der Waals surface area contributed by atoms with Gasteiger partial charge >= 0.3 is 0 Å². The highest BCUT2D eigenvalue weighted by atomic mass is 16.5. The van der Waals surface area contributed by atoms with E-state index in [0.29, 0.717) is 11.6 Å². The largest absolute Gasteiger partial charge is 0.497 e. The van der Waals surface area contributed by atoms with E-state index < -0.39 is 0 Å². The van der Waals surface area contributed by atoms with Gasteiger partial charge in [-0.25, -0.2) is 0 Å². The van der Waals surface area contributed by atoms with Crippen LogP contribution < -0.4 is 15.4 Å². The van der Waals surface area contributed by atoms with Gasteiger partial charge in [-0.3, -0.25) is 14.5 Å². The van der Waals surface area contributed by atoms with E-state index in [1.807, 2.05) is 24.3 Å². The fourth-order valence-corrected chi connectivity index (χ4v) is 2.87. The molecule has 2 rings (SSSR count). The van der Waals surface area contributed by atoms with Crippen molar-refractivity contribution in [2.24, 2.45) is 0 Å². The molecule has 0 aromatic heterocycles. The SMILES string of the molecule is CC[C@H](C)c1ccccc1NC(=O)CN(C)CC(=O)Nc1ccc(OC)cc1. The molecule has 2 N–H and O–H groups in total. The molecule has 0 saturated carbocycles. The molecule has 0 aliphatic heterocycles. The van der Waals surface area contributed by atoms with Gasteiger partial charge in [0.2, 0.25) is 11.8 Å². The number of benzene rings is 2. The molecule has 0 unspecified atom stereocenters. The van der Waals surface area contributed by atoms with Crippen LogP contribution in [0.25, 0.3) is 0 Å². The topological polar surface area (TPSA) is 70.7 Å². The second-order valence-corrected chi connectivity index (χ2v) is 6.89. The Morgan fingerprint density at radius 1 is 1.00 bits per heavy atom. The lowest BCUT2D eigenvalue weighted by atomic mass is 9.97. The lowest BCUT2D eigenvalue weighted by Crippen LogP contribution is -2.36. The summed E-state index contributed by atoms with van der Waals surface area (Å²) >= 11 is 0. The maximum atomic E-state index is 12.4. The van der Waals surface area contributed by atoms with Gasteiger partial charge in [0, 0.05) is 11.4 Å². The third kappa shape index (κ3) is 6.39. The molecule has 2 aromatic carbocycles. The van der Waals surface area contributed by atoms with Crippen LogP contribution in [0.5, 0.6) is 5.75 Å². The van der Waals surface area contributed by atoms with Gasteiger partial charge in [-0.05, 0) is 55.3 Å². The number of carbonyl (C=O) groups excluding carboxylic acids is 2. The number of hydrogen-bond acceptors (Lipinski definition) is 4. The summed E-state index contributed by atoms with van der Waals surface area (Å²) in [5, 5.41) is 5.78. The van der Waals surface area contributed by atoms with Gasteiger partial charge in [-0.15, -0.1) is 0 Å². The molecule has 2 amide bonds. The Bertz CT molecular complexity index is 790. The molecule has 0 fully saturated rings.